The van der Waals surface area contributed by atoms with Crippen LogP contribution in [0.4, 0.5) is 0 Å². The standard InChI is InChI=1S/C19H21NO2Se/c1-3-22-19(21)18(20-14-16-10-6-4-7-11-16)15(2)23-17-12-8-5-9-13-17/h4-13,15H,3,14H2,1-2H3. The number of esters is 1. The zero-order valence-corrected chi connectivity index (χ0v) is 15.2. The van der Waals surface area contributed by atoms with E-state index >= 15 is 0 Å². The first-order valence-corrected chi connectivity index (χ1v) is 9.52. The van der Waals surface area contributed by atoms with E-state index in [9.17, 15) is 4.79 Å². The van der Waals surface area contributed by atoms with E-state index in [4.69, 9.17) is 4.74 Å². The van der Waals surface area contributed by atoms with Crippen molar-refractivity contribution in [3.8, 4) is 0 Å². The van der Waals surface area contributed by atoms with Crippen molar-refractivity contribution in [3.05, 3.63) is 66.2 Å². The summed E-state index contributed by atoms with van der Waals surface area (Å²) >= 11 is 0.142. The first-order chi connectivity index (χ1) is 11.2. The van der Waals surface area contributed by atoms with Gasteiger partial charge in [-0.2, -0.15) is 0 Å². The van der Waals surface area contributed by atoms with Gasteiger partial charge in [-0.25, -0.2) is 0 Å². The molecule has 0 aromatic heterocycles. The summed E-state index contributed by atoms with van der Waals surface area (Å²) in [6.45, 7) is 4.74. The Balaban J connectivity index is 2.14. The van der Waals surface area contributed by atoms with Gasteiger partial charge in [0.1, 0.15) is 0 Å². The third-order valence-electron chi connectivity index (χ3n) is 3.20. The van der Waals surface area contributed by atoms with Crippen LogP contribution in [0.15, 0.2) is 65.7 Å². The molecule has 0 aliphatic heterocycles. The van der Waals surface area contributed by atoms with Gasteiger partial charge in [0.25, 0.3) is 0 Å². The number of nitrogens with zero attached hydrogens (tertiary/aromatic N) is 1. The van der Waals surface area contributed by atoms with Crippen molar-refractivity contribution in [1.29, 1.82) is 0 Å². The summed E-state index contributed by atoms with van der Waals surface area (Å²) in [5.74, 6) is -0.297. The molecule has 0 fully saturated rings. The van der Waals surface area contributed by atoms with Gasteiger partial charge in [-0.15, -0.1) is 0 Å². The van der Waals surface area contributed by atoms with Crippen molar-refractivity contribution in [1.82, 2.24) is 0 Å². The molecule has 0 radical (unpaired) electrons. The van der Waals surface area contributed by atoms with Crippen LogP contribution in [-0.4, -0.2) is 33.2 Å². The molecule has 23 heavy (non-hydrogen) atoms. The number of benzene rings is 2. The summed E-state index contributed by atoms with van der Waals surface area (Å²) < 4.78 is 6.45. The Morgan fingerprint density at radius 2 is 1.70 bits per heavy atom. The third-order valence-corrected chi connectivity index (χ3v) is 5.55. The Hall–Kier alpha value is -1.90. The second-order valence-electron chi connectivity index (χ2n) is 4.98. The number of hydrogen-bond acceptors (Lipinski definition) is 3. The van der Waals surface area contributed by atoms with Gasteiger partial charge in [-0.05, 0) is 0 Å². The summed E-state index contributed by atoms with van der Waals surface area (Å²) in [6.07, 6.45) is 0. The van der Waals surface area contributed by atoms with Crippen LogP contribution in [0.25, 0.3) is 0 Å². The molecule has 0 bridgehead atoms. The van der Waals surface area contributed by atoms with Crippen LogP contribution < -0.4 is 4.46 Å². The molecular weight excluding hydrogens is 353 g/mol. The molecule has 0 aliphatic carbocycles. The molecule has 2 aromatic rings. The van der Waals surface area contributed by atoms with Crippen molar-refractivity contribution < 1.29 is 9.53 Å². The molecule has 2 aromatic carbocycles. The molecule has 0 heterocycles. The van der Waals surface area contributed by atoms with Gasteiger partial charge in [0.2, 0.25) is 0 Å². The Kier molecular flexibility index (Phi) is 7.05. The fourth-order valence-electron chi connectivity index (χ4n) is 2.08. The summed E-state index contributed by atoms with van der Waals surface area (Å²) in [5.41, 5.74) is 1.63. The molecule has 0 N–H and O–H groups in total. The van der Waals surface area contributed by atoms with Crippen LogP contribution in [-0.2, 0) is 16.1 Å². The predicted molar refractivity (Wildman–Crippen MR) is 95.5 cm³/mol. The zero-order chi connectivity index (χ0) is 16.5. The quantitative estimate of drug-likeness (QED) is 0.425. The first kappa shape index (κ1) is 17.5. The molecule has 0 saturated carbocycles. The van der Waals surface area contributed by atoms with Gasteiger partial charge >= 0.3 is 144 Å². The van der Waals surface area contributed by atoms with Gasteiger partial charge in [0.15, 0.2) is 0 Å². The van der Waals surface area contributed by atoms with Crippen LogP contribution in [0, 0.1) is 0 Å². The molecule has 2 rings (SSSR count). The van der Waals surface area contributed by atoms with E-state index in [-0.39, 0.29) is 25.7 Å². The van der Waals surface area contributed by atoms with E-state index in [1.54, 1.807) is 0 Å². The van der Waals surface area contributed by atoms with E-state index < -0.39 is 0 Å². The normalized spacial score (nSPS) is 12.7. The van der Waals surface area contributed by atoms with Crippen LogP contribution in [0.1, 0.15) is 19.4 Å². The third kappa shape index (κ3) is 5.66. The molecule has 4 heteroatoms. The maximum absolute atomic E-state index is 12.3. The van der Waals surface area contributed by atoms with Crippen LogP contribution in [0.3, 0.4) is 0 Å². The summed E-state index contributed by atoms with van der Waals surface area (Å²) in [6, 6.07) is 20.2. The topological polar surface area (TPSA) is 38.7 Å². The SMILES string of the molecule is CCOC(=O)C(=NCc1ccccc1)C(C)[Se]c1ccccc1. The summed E-state index contributed by atoms with van der Waals surface area (Å²) in [5, 5.41) is 0. The summed E-state index contributed by atoms with van der Waals surface area (Å²) in [4.78, 5) is 16.9. The number of hydrogen-bond donors (Lipinski definition) is 0. The summed E-state index contributed by atoms with van der Waals surface area (Å²) in [7, 11) is 0. The molecule has 0 aliphatic rings. The first-order valence-electron chi connectivity index (χ1n) is 7.67. The Morgan fingerprint density at radius 3 is 2.30 bits per heavy atom. The van der Waals surface area contributed by atoms with Crippen molar-refractivity contribution in [3.63, 3.8) is 0 Å². The van der Waals surface area contributed by atoms with Crippen molar-refractivity contribution in [2.45, 2.75) is 25.2 Å². The number of ether oxygens (including phenoxy) is 1. The van der Waals surface area contributed by atoms with Crippen LogP contribution >= 0.6 is 0 Å². The molecular formula is C19H21NO2Se. The van der Waals surface area contributed by atoms with Crippen LogP contribution in [0.2, 0.25) is 4.82 Å². The van der Waals surface area contributed by atoms with Gasteiger partial charge in [0.05, 0.1) is 0 Å². The number of carbonyl (C=O) groups excluding carboxylic acids is 1. The number of carbonyl (C=O) groups is 1. The fraction of sp³-hybridized carbons (Fsp3) is 0.263. The van der Waals surface area contributed by atoms with Gasteiger partial charge in [-0.1, -0.05) is 0 Å². The Morgan fingerprint density at radius 1 is 1.09 bits per heavy atom. The van der Waals surface area contributed by atoms with E-state index in [1.807, 2.05) is 62.4 Å². The van der Waals surface area contributed by atoms with Gasteiger partial charge < -0.3 is 0 Å². The Bertz CT molecular complexity index is 641. The number of rotatable bonds is 7. The van der Waals surface area contributed by atoms with E-state index in [1.165, 1.54) is 4.46 Å². The fourth-order valence-corrected chi connectivity index (χ4v) is 4.19. The van der Waals surface area contributed by atoms with E-state index in [2.05, 4.69) is 17.1 Å². The van der Waals surface area contributed by atoms with Crippen molar-refractivity contribution in [2.24, 2.45) is 4.99 Å². The van der Waals surface area contributed by atoms with E-state index in [0.717, 1.165) is 5.56 Å². The average Bonchev–Trinajstić information content (AvgIpc) is 2.57. The van der Waals surface area contributed by atoms with Crippen LogP contribution in [0.5, 0.6) is 0 Å². The maximum atomic E-state index is 12.3. The predicted octanol–water partition coefficient (Wildman–Crippen LogP) is 3.03. The van der Waals surface area contributed by atoms with Gasteiger partial charge in [-0.3, -0.25) is 0 Å². The molecule has 1 atom stereocenters. The monoisotopic (exact) mass is 375 g/mol. The molecule has 0 saturated heterocycles. The minimum absolute atomic E-state index is 0.0765. The average molecular weight is 374 g/mol. The van der Waals surface area contributed by atoms with Gasteiger partial charge in [0, 0.05) is 0 Å². The molecule has 3 nitrogen and oxygen atoms in total. The second-order valence-corrected chi connectivity index (χ2v) is 7.95. The zero-order valence-electron chi connectivity index (χ0n) is 13.4. The molecule has 120 valence electrons. The van der Waals surface area contributed by atoms with Crippen molar-refractivity contribution >= 4 is 31.1 Å². The molecule has 1 unspecified atom stereocenters. The van der Waals surface area contributed by atoms with E-state index in [0.29, 0.717) is 18.9 Å². The Labute approximate surface area is 143 Å². The number of aliphatic imine (C=N–C) groups is 1. The second kappa shape index (κ2) is 9.29. The minimum atomic E-state index is -0.297. The molecule has 0 amide bonds. The molecule has 0 spiro atoms. The van der Waals surface area contributed by atoms with Crippen molar-refractivity contribution in [2.75, 3.05) is 6.61 Å².